The Morgan fingerprint density at radius 2 is 2.08 bits per heavy atom. The van der Waals surface area contributed by atoms with E-state index in [-0.39, 0.29) is 5.91 Å². The number of carbonyl (C=O) groups excluding carboxylic acids is 1. The van der Waals surface area contributed by atoms with Crippen LogP contribution in [-0.4, -0.2) is 45.7 Å². The molecule has 1 aliphatic carbocycles. The molecule has 3 aliphatic rings. The van der Waals surface area contributed by atoms with Crippen LogP contribution in [0.2, 0.25) is 0 Å². The van der Waals surface area contributed by atoms with Crippen LogP contribution in [0.5, 0.6) is 0 Å². The molecule has 1 atom stereocenters. The average molecular weight is 324 g/mol. The summed E-state index contributed by atoms with van der Waals surface area (Å²) in [5.74, 6) is 2.67. The highest BCUT2D eigenvalue weighted by molar-refractivity contribution is 5.96. The topological polar surface area (TPSA) is 86.8 Å². The van der Waals surface area contributed by atoms with E-state index in [0.717, 1.165) is 56.0 Å². The van der Waals surface area contributed by atoms with Crippen LogP contribution in [-0.2, 0) is 6.42 Å². The van der Waals surface area contributed by atoms with Gasteiger partial charge in [0.1, 0.15) is 17.3 Å². The summed E-state index contributed by atoms with van der Waals surface area (Å²) in [5, 5.41) is 10.1. The first-order chi connectivity index (χ1) is 11.8. The van der Waals surface area contributed by atoms with Crippen molar-refractivity contribution in [2.75, 3.05) is 24.5 Å². The molecule has 0 aromatic carbocycles. The molecule has 2 aromatic rings. The van der Waals surface area contributed by atoms with Gasteiger partial charge < -0.3 is 10.2 Å². The summed E-state index contributed by atoms with van der Waals surface area (Å²) in [5.41, 5.74) is 2.80. The number of fused-ring (bicyclic) bond motifs is 1. The van der Waals surface area contributed by atoms with Crippen molar-refractivity contribution < 1.29 is 4.79 Å². The van der Waals surface area contributed by atoms with Crippen LogP contribution < -0.4 is 10.2 Å². The lowest BCUT2D eigenvalue weighted by atomic mass is 10.0. The normalized spacial score (nSPS) is 23.2. The van der Waals surface area contributed by atoms with E-state index in [1.807, 2.05) is 6.07 Å². The third kappa shape index (κ3) is 2.26. The summed E-state index contributed by atoms with van der Waals surface area (Å²) in [6, 6.07) is 2.05. The minimum absolute atomic E-state index is 0.0499. The van der Waals surface area contributed by atoms with E-state index >= 15 is 0 Å². The molecule has 24 heavy (non-hydrogen) atoms. The third-order valence-electron chi connectivity index (χ3n) is 5.27. The molecule has 7 nitrogen and oxygen atoms in total. The number of aromatic nitrogens is 4. The molecule has 1 unspecified atom stereocenters. The molecule has 2 aromatic heterocycles. The maximum atomic E-state index is 12.3. The van der Waals surface area contributed by atoms with Crippen LogP contribution in [0.25, 0.3) is 0 Å². The molecule has 1 amide bonds. The maximum Gasteiger partial charge on any atom is 0.270 e. The lowest BCUT2D eigenvalue weighted by Gasteiger charge is -2.25. The first kappa shape index (κ1) is 13.9. The number of hydrogen-bond acceptors (Lipinski definition) is 5. The molecule has 5 rings (SSSR count). The van der Waals surface area contributed by atoms with E-state index in [4.69, 9.17) is 4.98 Å². The Morgan fingerprint density at radius 1 is 1.17 bits per heavy atom. The molecule has 7 heteroatoms. The molecule has 4 heterocycles. The first-order valence-corrected chi connectivity index (χ1v) is 8.73. The number of H-pyrrole nitrogens is 1. The van der Waals surface area contributed by atoms with Gasteiger partial charge in [0.05, 0.1) is 0 Å². The molecular weight excluding hydrogens is 304 g/mol. The summed E-state index contributed by atoms with van der Waals surface area (Å²) in [6.07, 6.45) is 5.96. The van der Waals surface area contributed by atoms with Crippen molar-refractivity contribution in [3.63, 3.8) is 0 Å². The molecule has 0 bridgehead atoms. The fraction of sp³-hybridized carbons (Fsp3) is 0.529. The van der Waals surface area contributed by atoms with E-state index < -0.39 is 0 Å². The summed E-state index contributed by atoms with van der Waals surface area (Å²) in [6.45, 7) is 2.54. The highest BCUT2D eigenvalue weighted by Crippen LogP contribution is 2.40. The van der Waals surface area contributed by atoms with Crippen molar-refractivity contribution in [1.29, 1.82) is 0 Å². The summed E-state index contributed by atoms with van der Waals surface area (Å²) in [4.78, 5) is 24.1. The van der Waals surface area contributed by atoms with Crippen LogP contribution >= 0.6 is 0 Å². The van der Waals surface area contributed by atoms with E-state index in [2.05, 4.69) is 25.4 Å². The smallest absolute Gasteiger partial charge is 0.270 e. The van der Waals surface area contributed by atoms with Crippen LogP contribution in [0.15, 0.2) is 12.3 Å². The molecule has 2 aliphatic heterocycles. The van der Waals surface area contributed by atoms with Crippen molar-refractivity contribution in [1.82, 2.24) is 25.5 Å². The second-order valence-electron chi connectivity index (χ2n) is 6.96. The van der Waals surface area contributed by atoms with Crippen molar-refractivity contribution in [3.05, 3.63) is 35.0 Å². The Morgan fingerprint density at radius 3 is 2.88 bits per heavy atom. The number of hydrogen-bond donors (Lipinski definition) is 2. The lowest BCUT2D eigenvalue weighted by Crippen LogP contribution is -2.35. The van der Waals surface area contributed by atoms with E-state index in [9.17, 15) is 4.79 Å². The highest BCUT2D eigenvalue weighted by Gasteiger charge is 2.34. The van der Waals surface area contributed by atoms with Gasteiger partial charge in [0.25, 0.3) is 5.91 Å². The number of amides is 1. The van der Waals surface area contributed by atoms with Crippen molar-refractivity contribution in [2.24, 2.45) is 0 Å². The van der Waals surface area contributed by atoms with Gasteiger partial charge in [-0.3, -0.25) is 9.89 Å². The zero-order chi connectivity index (χ0) is 16.1. The Labute approximate surface area is 139 Å². The number of nitrogens with one attached hydrogen (secondary N) is 2. The van der Waals surface area contributed by atoms with Crippen LogP contribution in [0.3, 0.4) is 0 Å². The van der Waals surface area contributed by atoms with Crippen molar-refractivity contribution in [3.8, 4) is 0 Å². The molecule has 1 saturated carbocycles. The average Bonchev–Trinajstić information content (AvgIpc) is 3.10. The van der Waals surface area contributed by atoms with Crippen LogP contribution in [0.4, 0.5) is 5.82 Å². The van der Waals surface area contributed by atoms with Crippen molar-refractivity contribution in [2.45, 2.75) is 37.5 Å². The zero-order valence-corrected chi connectivity index (χ0v) is 13.5. The Kier molecular flexibility index (Phi) is 3.08. The largest absolute Gasteiger partial charge is 0.356 e. The molecule has 124 valence electrons. The summed E-state index contributed by atoms with van der Waals surface area (Å²) < 4.78 is 0. The lowest BCUT2D eigenvalue weighted by molar-refractivity contribution is 0.0940. The molecular formula is C17H20N6O. The van der Waals surface area contributed by atoms with E-state index in [1.165, 1.54) is 5.69 Å². The first-order valence-electron chi connectivity index (χ1n) is 8.73. The molecule has 1 saturated heterocycles. The monoisotopic (exact) mass is 324 g/mol. The van der Waals surface area contributed by atoms with Gasteiger partial charge >= 0.3 is 0 Å². The van der Waals surface area contributed by atoms with Crippen LogP contribution in [0, 0.1) is 0 Å². The molecule has 0 radical (unpaired) electrons. The predicted molar refractivity (Wildman–Crippen MR) is 88.2 cm³/mol. The number of anilines is 1. The maximum absolute atomic E-state index is 12.3. The van der Waals surface area contributed by atoms with Crippen molar-refractivity contribution >= 4 is 11.7 Å². The van der Waals surface area contributed by atoms with Gasteiger partial charge in [0.15, 0.2) is 0 Å². The van der Waals surface area contributed by atoms with E-state index in [0.29, 0.717) is 24.1 Å². The van der Waals surface area contributed by atoms with Gasteiger partial charge in [-0.05, 0) is 31.7 Å². The predicted octanol–water partition coefficient (Wildman–Crippen LogP) is 1.36. The molecule has 2 N–H and O–H groups in total. The fourth-order valence-corrected chi connectivity index (χ4v) is 3.78. The number of carbonyl (C=O) groups is 1. The number of nitrogens with zero attached hydrogens (tertiary/aromatic N) is 4. The number of aromatic amines is 1. The minimum Gasteiger partial charge on any atom is -0.356 e. The Bertz CT molecular complexity index is 783. The Balaban J connectivity index is 1.52. The van der Waals surface area contributed by atoms with Gasteiger partial charge in [-0.25, -0.2) is 9.97 Å². The summed E-state index contributed by atoms with van der Waals surface area (Å²) >= 11 is 0. The zero-order valence-electron chi connectivity index (χ0n) is 13.5. The van der Waals surface area contributed by atoms with Gasteiger partial charge in [-0.1, -0.05) is 0 Å². The summed E-state index contributed by atoms with van der Waals surface area (Å²) in [7, 11) is 0. The molecule has 0 spiro atoms. The van der Waals surface area contributed by atoms with E-state index in [1.54, 1.807) is 6.20 Å². The standard InChI is InChI=1S/C17H20N6O/c24-17-14-12(3-6-18-17)16(21-15(20-14)10-1-2-10)23-8-5-11(9-23)13-4-7-19-22-13/h4,7,10-11H,1-3,5-6,8-9H2,(H,18,24)(H,19,22). The second-order valence-corrected chi connectivity index (χ2v) is 6.96. The highest BCUT2D eigenvalue weighted by atomic mass is 16.1. The van der Waals surface area contributed by atoms with Crippen LogP contribution in [0.1, 0.15) is 58.7 Å². The van der Waals surface area contributed by atoms with Gasteiger partial charge in [0.2, 0.25) is 0 Å². The Hall–Kier alpha value is -2.44. The quantitative estimate of drug-likeness (QED) is 0.890. The third-order valence-corrected chi connectivity index (χ3v) is 5.27. The van der Waals surface area contributed by atoms with Gasteiger partial charge in [-0.15, -0.1) is 0 Å². The minimum atomic E-state index is -0.0499. The molecule has 2 fully saturated rings. The number of rotatable bonds is 3. The SMILES string of the molecule is O=C1NCCc2c1nc(C1CC1)nc2N1CCC(c2ccn[nH]2)C1. The van der Waals surface area contributed by atoms with Gasteiger partial charge in [0, 0.05) is 48.9 Å². The second kappa shape index (κ2) is 5.29. The fourth-order valence-electron chi connectivity index (χ4n) is 3.78. The van der Waals surface area contributed by atoms with Gasteiger partial charge in [-0.2, -0.15) is 5.10 Å².